The standard InChI is InChI=1S/C16H17N3S2/c1-10-15(21-12(3)18-10)11(2)19-14-6-4-13(5-7-14)16-17-8-9-20-16/h4-9,11,19H,1-3H3. The van der Waals surface area contributed by atoms with Gasteiger partial charge in [0.25, 0.3) is 0 Å². The number of nitrogens with zero attached hydrogens (tertiary/aromatic N) is 2. The lowest BCUT2D eigenvalue weighted by Crippen LogP contribution is -2.06. The molecule has 1 N–H and O–H groups in total. The summed E-state index contributed by atoms with van der Waals surface area (Å²) in [7, 11) is 0. The average Bonchev–Trinajstić information content (AvgIpc) is 3.09. The second-order valence-electron chi connectivity index (χ2n) is 4.96. The van der Waals surface area contributed by atoms with E-state index in [9.17, 15) is 0 Å². The Kier molecular flexibility index (Phi) is 4.03. The first-order chi connectivity index (χ1) is 10.1. The van der Waals surface area contributed by atoms with Gasteiger partial charge < -0.3 is 5.32 Å². The van der Waals surface area contributed by atoms with E-state index < -0.39 is 0 Å². The number of hydrogen-bond acceptors (Lipinski definition) is 5. The van der Waals surface area contributed by atoms with E-state index in [4.69, 9.17) is 0 Å². The van der Waals surface area contributed by atoms with Crippen LogP contribution >= 0.6 is 22.7 Å². The Hall–Kier alpha value is -1.72. The summed E-state index contributed by atoms with van der Waals surface area (Å²) in [6, 6.07) is 8.70. The highest BCUT2D eigenvalue weighted by Gasteiger charge is 2.12. The molecule has 0 amide bonds. The van der Waals surface area contributed by atoms with E-state index in [0.717, 1.165) is 27.0 Å². The van der Waals surface area contributed by atoms with Crippen LogP contribution in [0.15, 0.2) is 35.8 Å². The van der Waals surface area contributed by atoms with Crippen molar-refractivity contribution < 1.29 is 0 Å². The van der Waals surface area contributed by atoms with Gasteiger partial charge in [0.1, 0.15) is 5.01 Å². The Morgan fingerprint density at radius 1 is 1.14 bits per heavy atom. The zero-order chi connectivity index (χ0) is 14.8. The van der Waals surface area contributed by atoms with Gasteiger partial charge in [0, 0.05) is 27.7 Å². The van der Waals surface area contributed by atoms with Crippen LogP contribution in [0, 0.1) is 13.8 Å². The van der Waals surface area contributed by atoms with Gasteiger partial charge in [-0.2, -0.15) is 0 Å². The van der Waals surface area contributed by atoms with Crippen LogP contribution in [0.4, 0.5) is 5.69 Å². The van der Waals surface area contributed by atoms with Crippen LogP contribution in [0.25, 0.3) is 10.6 Å². The summed E-state index contributed by atoms with van der Waals surface area (Å²) in [6.07, 6.45) is 1.84. The highest BCUT2D eigenvalue weighted by atomic mass is 32.1. The Bertz CT molecular complexity index is 715. The van der Waals surface area contributed by atoms with E-state index in [0.29, 0.717) is 0 Å². The Morgan fingerprint density at radius 3 is 2.48 bits per heavy atom. The molecule has 1 atom stereocenters. The maximum absolute atomic E-state index is 4.49. The molecule has 0 bridgehead atoms. The normalized spacial score (nSPS) is 12.3. The van der Waals surface area contributed by atoms with Gasteiger partial charge in [0.2, 0.25) is 0 Å². The van der Waals surface area contributed by atoms with E-state index in [1.54, 1.807) is 22.7 Å². The molecule has 0 aliphatic rings. The fraction of sp³-hybridized carbons (Fsp3) is 0.250. The molecule has 0 radical (unpaired) electrons. The first kappa shape index (κ1) is 14.2. The molecule has 21 heavy (non-hydrogen) atoms. The van der Waals surface area contributed by atoms with Crippen LogP contribution in [0.3, 0.4) is 0 Å². The Morgan fingerprint density at radius 2 is 1.90 bits per heavy atom. The largest absolute Gasteiger partial charge is 0.378 e. The Labute approximate surface area is 132 Å². The van der Waals surface area contributed by atoms with Crippen LogP contribution in [-0.2, 0) is 0 Å². The number of thiazole rings is 2. The fourth-order valence-corrected chi connectivity index (χ4v) is 3.91. The summed E-state index contributed by atoms with van der Waals surface area (Å²) >= 11 is 3.42. The number of nitrogens with one attached hydrogen (secondary N) is 1. The zero-order valence-corrected chi connectivity index (χ0v) is 13.9. The monoisotopic (exact) mass is 315 g/mol. The lowest BCUT2D eigenvalue weighted by molar-refractivity contribution is 0.890. The zero-order valence-electron chi connectivity index (χ0n) is 12.3. The third kappa shape index (κ3) is 3.14. The van der Waals surface area contributed by atoms with E-state index in [2.05, 4.69) is 60.3 Å². The predicted molar refractivity (Wildman–Crippen MR) is 91.2 cm³/mol. The maximum Gasteiger partial charge on any atom is 0.123 e. The van der Waals surface area contributed by atoms with Gasteiger partial charge in [-0.05, 0) is 45.0 Å². The van der Waals surface area contributed by atoms with E-state index in [1.165, 1.54) is 4.88 Å². The number of rotatable bonds is 4. The number of aromatic nitrogens is 2. The molecule has 0 saturated carbocycles. The molecule has 0 aliphatic heterocycles. The van der Waals surface area contributed by atoms with Crippen LogP contribution in [-0.4, -0.2) is 9.97 Å². The molecule has 1 unspecified atom stereocenters. The molecule has 1 aromatic carbocycles. The SMILES string of the molecule is Cc1nc(C)c(C(C)Nc2ccc(-c3nccs3)cc2)s1. The molecular weight excluding hydrogens is 298 g/mol. The summed E-state index contributed by atoms with van der Waals surface area (Å²) in [4.78, 5) is 10.1. The number of aryl methyl sites for hydroxylation is 2. The van der Waals surface area contributed by atoms with Crippen molar-refractivity contribution in [2.24, 2.45) is 0 Å². The first-order valence-electron chi connectivity index (χ1n) is 6.84. The molecule has 0 aliphatic carbocycles. The number of anilines is 1. The van der Waals surface area contributed by atoms with Gasteiger partial charge in [-0.1, -0.05) is 0 Å². The van der Waals surface area contributed by atoms with Gasteiger partial charge in [0.05, 0.1) is 16.7 Å². The molecule has 3 aromatic rings. The second-order valence-corrected chi connectivity index (χ2v) is 7.09. The van der Waals surface area contributed by atoms with Gasteiger partial charge in [0.15, 0.2) is 0 Å². The minimum absolute atomic E-state index is 0.266. The molecule has 3 nitrogen and oxygen atoms in total. The summed E-state index contributed by atoms with van der Waals surface area (Å²) in [6.45, 7) is 6.30. The number of hydrogen-bond donors (Lipinski definition) is 1. The summed E-state index contributed by atoms with van der Waals surface area (Å²) in [5.74, 6) is 0. The van der Waals surface area contributed by atoms with Gasteiger partial charge in [-0.25, -0.2) is 9.97 Å². The predicted octanol–water partition coefficient (Wildman–Crippen LogP) is 5.06. The van der Waals surface area contributed by atoms with Crippen molar-refractivity contribution in [3.8, 4) is 10.6 Å². The van der Waals surface area contributed by atoms with E-state index >= 15 is 0 Å². The van der Waals surface area contributed by atoms with Crippen LogP contribution in [0.2, 0.25) is 0 Å². The highest BCUT2D eigenvalue weighted by molar-refractivity contribution is 7.13. The molecule has 2 heterocycles. The molecule has 108 valence electrons. The summed E-state index contributed by atoms with van der Waals surface area (Å²) in [5.41, 5.74) is 3.40. The minimum atomic E-state index is 0.266. The molecule has 5 heteroatoms. The first-order valence-corrected chi connectivity index (χ1v) is 8.53. The number of benzene rings is 1. The molecule has 2 aromatic heterocycles. The van der Waals surface area contributed by atoms with Crippen molar-refractivity contribution in [3.05, 3.63) is 51.4 Å². The third-order valence-corrected chi connectivity index (χ3v) is 5.36. The van der Waals surface area contributed by atoms with Crippen molar-refractivity contribution in [1.82, 2.24) is 9.97 Å². The topological polar surface area (TPSA) is 37.8 Å². The summed E-state index contributed by atoms with van der Waals surface area (Å²) in [5, 5.41) is 7.72. The average molecular weight is 315 g/mol. The molecular formula is C16H17N3S2. The molecule has 0 fully saturated rings. The van der Waals surface area contributed by atoms with Crippen molar-refractivity contribution in [3.63, 3.8) is 0 Å². The quantitative estimate of drug-likeness (QED) is 0.731. The van der Waals surface area contributed by atoms with Crippen molar-refractivity contribution in [2.75, 3.05) is 5.32 Å². The van der Waals surface area contributed by atoms with Crippen molar-refractivity contribution in [2.45, 2.75) is 26.8 Å². The van der Waals surface area contributed by atoms with Gasteiger partial charge in [-0.15, -0.1) is 22.7 Å². The molecule has 0 saturated heterocycles. The highest BCUT2D eigenvalue weighted by Crippen LogP contribution is 2.29. The smallest absolute Gasteiger partial charge is 0.123 e. The van der Waals surface area contributed by atoms with Crippen molar-refractivity contribution in [1.29, 1.82) is 0 Å². The van der Waals surface area contributed by atoms with Crippen LogP contribution < -0.4 is 5.32 Å². The fourth-order valence-electron chi connectivity index (χ4n) is 2.34. The molecule has 0 spiro atoms. The lowest BCUT2D eigenvalue weighted by Gasteiger charge is -2.14. The Balaban J connectivity index is 1.74. The van der Waals surface area contributed by atoms with Gasteiger partial charge >= 0.3 is 0 Å². The van der Waals surface area contributed by atoms with Crippen molar-refractivity contribution >= 4 is 28.4 Å². The van der Waals surface area contributed by atoms with Crippen LogP contribution in [0.5, 0.6) is 0 Å². The second kappa shape index (κ2) is 5.95. The van der Waals surface area contributed by atoms with Crippen LogP contribution in [0.1, 0.15) is 28.5 Å². The van der Waals surface area contributed by atoms with E-state index in [-0.39, 0.29) is 6.04 Å². The lowest BCUT2D eigenvalue weighted by atomic mass is 10.2. The minimum Gasteiger partial charge on any atom is -0.378 e. The third-order valence-electron chi connectivity index (χ3n) is 3.28. The summed E-state index contributed by atoms with van der Waals surface area (Å²) < 4.78 is 0. The maximum atomic E-state index is 4.49. The van der Waals surface area contributed by atoms with Gasteiger partial charge in [-0.3, -0.25) is 0 Å². The molecule has 3 rings (SSSR count). The van der Waals surface area contributed by atoms with E-state index in [1.807, 2.05) is 11.6 Å².